The lowest BCUT2D eigenvalue weighted by Gasteiger charge is -2.21. The number of esters is 4. The Kier molecular flexibility index (Phi) is 63.4. The minimum absolute atomic E-state index is 0.106. The number of phosphoric acid groups is 2. The van der Waals surface area contributed by atoms with Crippen LogP contribution in [0.3, 0.4) is 0 Å². The summed E-state index contributed by atoms with van der Waals surface area (Å²) in [5.74, 6) is 0.233. The molecule has 552 valence electrons. The molecular weight excluding hydrogens is 1220 g/mol. The second kappa shape index (κ2) is 64.7. The third-order valence-electron chi connectivity index (χ3n) is 17.1. The van der Waals surface area contributed by atoms with Crippen molar-refractivity contribution in [3.8, 4) is 0 Å². The summed E-state index contributed by atoms with van der Waals surface area (Å²) < 4.78 is 68.3. The average molecular weight is 1370 g/mol. The summed E-state index contributed by atoms with van der Waals surface area (Å²) in [6.07, 6.45) is 50.3. The van der Waals surface area contributed by atoms with Gasteiger partial charge in [-0.05, 0) is 43.4 Å². The van der Waals surface area contributed by atoms with Crippen LogP contribution in [0.25, 0.3) is 0 Å². The molecular formula is C74H144O17P2. The smallest absolute Gasteiger partial charge is 0.462 e. The molecule has 0 aliphatic rings. The van der Waals surface area contributed by atoms with Gasteiger partial charge in [-0.25, -0.2) is 9.13 Å². The molecule has 0 bridgehead atoms. The molecule has 0 aliphatic heterocycles. The molecule has 0 saturated carbocycles. The highest BCUT2D eigenvalue weighted by atomic mass is 31.2. The maximum absolute atomic E-state index is 13.1. The largest absolute Gasteiger partial charge is 0.472 e. The second-order valence-electron chi connectivity index (χ2n) is 28.1. The first-order valence-corrected chi connectivity index (χ1v) is 41.3. The lowest BCUT2D eigenvalue weighted by atomic mass is 10.0. The van der Waals surface area contributed by atoms with Gasteiger partial charge in [-0.3, -0.25) is 37.3 Å². The van der Waals surface area contributed by atoms with Gasteiger partial charge in [-0.2, -0.15) is 0 Å². The summed E-state index contributed by atoms with van der Waals surface area (Å²) in [7, 11) is -9.90. The number of aliphatic hydroxyl groups excluding tert-OH is 1. The van der Waals surface area contributed by atoms with Crippen molar-refractivity contribution >= 4 is 39.5 Å². The molecule has 0 spiro atoms. The Morgan fingerprint density at radius 3 is 0.731 bits per heavy atom. The third-order valence-corrected chi connectivity index (χ3v) is 19.0. The van der Waals surface area contributed by atoms with Crippen molar-refractivity contribution in [1.82, 2.24) is 0 Å². The van der Waals surface area contributed by atoms with Gasteiger partial charge in [0, 0.05) is 25.7 Å². The molecule has 93 heavy (non-hydrogen) atoms. The van der Waals surface area contributed by atoms with Crippen LogP contribution < -0.4 is 0 Å². The Bertz CT molecular complexity index is 1820. The van der Waals surface area contributed by atoms with Gasteiger partial charge in [0.2, 0.25) is 0 Å². The first-order chi connectivity index (χ1) is 44.7. The van der Waals surface area contributed by atoms with Crippen LogP contribution in [-0.4, -0.2) is 96.7 Å². The van der Waals surface area contributed by atoms with Crippen molar-refractivity contribution in [2.45, 2.75) is 394 Å². The number of carbonyl (C=O) groups excluding carboxylic acids is 4. The summed E-state index contributed by atoms with van der Waals surface area (Å²) in [4.78, 5) is 72.5. The zero-order chi connectivity index (χ0) is 68.7. The van der Waals surface area contributed by atoms with Gasteiger partial charge in [-0.15, -0.1) is 0 Å². The quantitative estimate of drug-likeness (QED) is 0.0222. The van der Waals surface area contributed by atoms with E-state index in [4.69, 9.17) is 37.0 Å². The lowest BCUT2D eigenvalue weighted by molar-refractivity contribution is -0.161. The van der Waals surface area contributed by atoms with Gasteiger partial charge < -0.3 is 33.8 Å². The number of unbranched alkanes of at least 4 members (excludes halogenated alkanes) is 40. The van der Waals surface area contributed by atoms with Crippen LogP contribution in [0.15, 0.2) is 0 Å². The van der Waals surface area contributed by atoms with E-state index in [-0.39, 0.29) is 25.7 Å². The highest BCUT2D eigenvalue weighted by Crippen LogP contribution is 2.45. The van der Waals surface area contributed by atoms with Gasteiger partial charge in [0.15, 0.2) is 12.2 Å². The van der Waals surface area contributed by atoms with E-state index in [2.05, 4.69) is 48.5 Å². The molecule has 3 N–H and O–H groups in total. The Morgan fingerprint density at radius 2 is 0.495 bits per heavy atom. The predicted molar refractivity (Wildman–Crippen MR) is 377 cm³/mol. The van der Waals surface area contributed by atoms with Crippen molar-refractivity contribution in [3.63, 3.8) is 0 Å². The molecule has 0 aromatic rings. The number of hydrogen-bond acceptors (Lipinski definition) is 15. The minimum atomic E-state index is -4.95. The normalized spacial score (nSPS) is 14.1. The highest BCUT2D eigenvalue weighted by molar-refractivity contribution is 7.47. The number of rotatable bonds is 72. The predicted octanol–water partition coefficient (Wildman–Crippen LogP) is 21.4. The molecule has 0 rings (SSSR count). The van der Waals surface area contributed by atoms with Crippen LogP contribution in [0.2, 0.25) is 0 Å². The van der Waals surface area contributed by atoms with E-state index >= 15 is 0 Å². The summed E-state index contributed by atoms with van der Waals surface area (Å²) >= 11 is 0. The van der Waals surface area contributed by atoms with Gasteiger partial charge >= 0.3 is 39.5 Å². The fraction of sp³-hybridized carbons (Fsp3) is 0.946. The zero-order valence-electron chi connectivity index (χ0n) is 60.7. The van der Waals surface area contributed by atoms with Crippen molar-refractivity contribution in [1.29, 1.82) is 0 Å². The standard InChI is InChI=1S/C74H144O17P2/c1-8-9-10-38-48-55-71(76)84-61-69(90-73(78)57-51-44-37-31-25-19-18-22-28-34-41-47-54-67(6)7)63-88-92(80,81)86-59-68(75)60-87-93(82,83)89-64-70(62-85-72(77)56-49-42-35-29-23-17-13-15-21-27-33-40-46-53-66(4)5)91-74(79)58-50-43-36-30-24-16-12-11-14-20-26-32-39-45-52-65(2)3/h65-70,75H,8-64H2,1-7H3,(H,80,81)(H,82,83)/t68-,69+,70+/m0/s1. The average Bonchev–Trinajstić information content (AvgIpc) is 2.17. The fourth-order valence-electron chi connectivity index (χ4n) is 11.2. The van der Waals surface area contributed by atoms with Crippen LogP contribution in [-0.2, 0) is 65.4 Å². The van der Waals surface area contributed by atoms with Crippen molar-refractivity contribution < 1.29 is 80.2 Å². The highest BCUT2D eigenvalue weighted by Gasteiger charge is 2.30. The first kappa shape index (κ1) is 91.1. The summed E-state index contributed by atoms with van der Waals surface area (Å²) in [6, 6.07) is 0. The van der Waals surface area contributed by atoms with Crippen molar-refractivity contribution in [2.24, 2.45) is 17.8 Å². The number of phosphoric ester groups is 2. The monoisotopic (exact) mass is 1370 g/mol. The number of hydrogen-bond donors (Lipinski definition) is 3. The SMILES string of the molecule is CCCCCCCC(=O)OC[C@H](COP(=O)(O)OC[C@H](O)COP(=O)(O)OC[C@@H](COC(=O)CCCCCCCCCCCCCCCC(C)C)OC(=O)CCCCCCCCCCCCCCCCC(C)C)OC(=O)CCCCCCCCCCCCCCC(C)C. The van der Waals surface area contributed by atoms with Crippen molar-refractivity contribution in [3.05, 3.63) is 0 Å². The van der Waals surface area contributed by atoms with Crippen LogP contribution in [0.4, 0.5) is 0 Å². The van der Waals surface area contributed by atoms with Crippen LogP contribution in [0.5, 0.6) is 0 Å². The number of aliphatic hydroxyl groups is 1. The van der Waals surface area contributed by atoms with E-state index in [1.165, 1.54) is 180 Å². The summed E-state index contributed by atoms with van der Waals surface area (Å²) in [6.45, 7) is 11.8. The van der Waals surface area contributed by atoms with E-state index in [1.54, 1.807) is 0 Å². The first-order valence-electron chi connectivity index (χ1n) is 38.3. The number of carbonyl (C=O) groups is 4. The maximum atomic E-state index is 13.1. The van der Waals surface area contributed by atoms with Crippen LogP contribution >= 0.6 is 15.6 Å². The minimum Gasteiger partial charge on any atom is -0.462 e. The van der Waals surface area contributed by atoms with Crippen LogP contribution in [0.1, 0.15) is 376 Å². The molecule has 0 saturated heterocycles. The van der Waals surface area contributed by atoms with Crippen molar-refractivity contribution in [2.75, 3.05) is 39.6 Å². The van der Waals surface area contributed by atoms with Gasteiger partial charge in [0.1, 0.15) is 19.3 Å². The van der Waals surface area contributed by atoms with E-state index in [0.717, 1.165) is 114 Å². The Labute approximate surface area is 568 Å². The topological polar surface area (TPSA) is 237 Å². The molecule has 0 amide bonds. The van der Waals surface area contributed by atoms with E-state index in [1.807, 2.05) is 0 Å². The lowest BCUT2D eigenvalue weighted by Crippen LogP contribution is -2.30. The molecule has 0 aromatic heterocycles. The zero-order valence-corrected chi connectivity index (χ0v) is 62.5. The summed E-state index contributed by atoms with van der Waals surface area (Å²) in [5, 5.41) is 10.6. The molecule has 2 unspecified atom stereocenters. The molecule has 17 nitrogen and oxygen atoms in total. The van der Waals surface area contributed by atoms with Crippen LogP contribution in [0, 0.1) is 17.8 Å². The molecule has 19 heteroatoms. The van der Waals surface area contributed by atoms with E-state index < -0.39 is 97.5 Å². The molecule has 0 aliphatic carbocycles. The molecule has 0 aromatic carbocycles. The Balaban J connectivity index is 5.15. The molecule has 0 radical (unpaired) electrons. The molecule has 0 fully saturated rings. The molecule has 5 atom stereocenters. The van der Waals surface area contributed by atoms with E-state index in [9.17, 15) is 43.2 Å². The summed E-state index contributed by atoms with van der Waals surface area (Å²) in [5.41, 5.74) is 0. The Morgan fingerprint density at radius 1 is 0.290 bits per heavy atom. The maximum Gasteiger partial charge on any atom is 0.472 e. The molecule has 0 heterocycles. The van der Waals surface area contributed by atoms with Gasteiger partial charge in [0.05, 0.1) is 26.4 Å². The number of ether oxygens (including phenoxy) is 4. The second-order valence-corrected chi connectivity index (χ2v) is 31.0. The Hall–Kier alpha value is -1.94. The van der Waals surface area contributed by atoms with E-state index in [0.29, 0.717) is 25.7 Å². The fourth-order valence-corrected chi connectivity index (χ4v) is 12.8. The van der Waals surface area contributed by atoms with Gasteiger partial charge in [-0.1, -0.05) is 325 Å². The van der Waals surface area contributed by atoms with Gasteiger partial charge in [0.25, 0.3) is 0 Å². The third kappa shape index (κ3) is 68.4.